The molecule has 0 bridgehead atoms. The first-order chi connectivity index (χ1) is 4.74. The smallest absolute Gasteiger partial charge is 0.0811 e. The van der Waals surface area contributed by atoms with Crippen LogP contribution in [0.2, 0.25) is 0 Å². The Morgan fingerprint density at radius 2 is 1.90 bits per heavy atom. The van der Waals surface area contributed by atoms with Gasteiger partial charge in [0.2, 0.25) is 0 Å². The zero-order chi connectivity index (χ0) is 8.04. The molecule has 0 spiro atoms. The Kier molecular flexibility index (Phi) is 4.60. The standard InChI is InChI=1S/C7H18N2O/c1-4-7(5-2,10-3)6-9-8/h9H,4-6,8H2,1-3H3. The van der Waals surface area contributed by atoms with Gasteiger partial charge in [0.05, 0.1) is 5.60 Å². The van der Waals surface area contributed by atoms with Crippen LogP contribution in [0.4, 0.5) is 0 Å². The maximum atomic E-state index is 5.33. The molecule has 3 nitrogen and oxygen atoms in total. The third kappa shape index (κ3) is 2.25. The first-order valence-corrected chi connectivity index (χ1v) is 3.73. The van der Waals surface area contributed by atoms with Crippen LogP contribution in [-0.2, 0) is 4.74 Å². The van der Waals surface area contributed by atoms with E-state index in [-0.39, 0.29) is 5.60 Å². The van der Waals surface area contributed by atoms with Crippen LogP contribution in [0.5, 0.6) is 0 Å². The third-order valence-corrected chi connectivity index (χ3v) is 2.15. The second-order valence-electron chi connectivity index (χ2n) is 2.48. The van der Waals surface area contributed by atoms with Gasteiger partial charge < -0.3 is 4.74 Å². The molecule has 0 amide bonds. The highest BCUT2D eigenvalue weighted by molar-refractivity contribution is 4.78. The molecule has 0 unspecified atom stereocenters. The Hall–Kier alpha value is -0.120. The van der Waals surface area contributed by atoms with Gasteiger partial charge in [-0.05, 0) is 12.8 Å². The van der Waals surface area contributed by atoms with Crippen molar-refractivity contribution in [1.29, 1.82) is 0 Å². The van der Waals surface area contributed by atoms with Gasteiger partial charge in [0.1, 0.15) is 0 Å². The maximum Gasteiger partial charge on any atom is 0.0811 e. The molecule has 0 radical (unpaired) electrons. The molecule has 0 saturated carbocycles. The molecular formula is C7H18N2O. The van der Waals surface area contributed by atoms with Gasteiger partial charge in [0, 0.05) is 13.7 Å². The summed E-state index contributed by atoms with van der Waals surface area (Å²) >= 11 is 0. The number of hydrogen-bond donors (Lipinski definition) is 2. The normalized spacial score (nSPS) is 12.0. The number of nitrogens with one attached hydrogen (secondary N) is 1. The molecule has 0 aliphatic carbocycles. The maximum absolute atomic E-state index is 5.33. The zero-order valence-electron chi connectivity index (χ0n) is 7.11. The largest absolute Gasteiger partial charge is 0.377 e. The van der Waals surface area contributed by atoms with Crippen molar-refractivity contribution < 1.29 is 4.74 Å². The molecule has 62 valence electrons. The van der Waals surface area contributed by atoms with E-state index in [4.69, 9.17) is 10.6 Å². The summed E-state index contributed by atoms with van der Waals surface area (Å²) in [7, 11) is 1.73. The summed E-state index contributed by atoms with van der Waals surface area (Å²) in [6, 6.07) is 0. The Morgan fingerprint density at radius 3 is 2.00 bits per heavy atom. The van der Waals surface area contributed by atoms with Crippen LogP contribution in [0.15, 0.2) is 0 Å². The lowest BCUT2D eigenvalue weighted by atomic mass is 9.97. The van der Waals surface area contributed by atoms with Gasteiger partial charge in [-0.2, -0.15) is 0 Å². The van der Waals surface area contributed by atoms with Crippen LogP contribution in [-0.4, -0.2) is 19.3 Å². The Balaban J connectivity index is 3.87. The highest BCUT2D eigenvalue weighted by Crippen LogP contribution is 2.17. The molecule has 10 heavy (non-hydrogen) atoms. The van der Waals surface area contributed by atoms with Crippen LogP contribution < -0.4 is 11.3 Å². The van der Waals surface area contributed by atoms with Crippen LogP contribution in [0.1, 0.15) is 26.7 Å². The fourth-order valence-electron chi connectivity index (χ4n) is 1.05. The molecule has 3 N–H and O–H groups in total. The molecule has 0 saturated heterocycles. The van der Waals surface area contributed by atoms with Crippen molar-refractivity contribution in [2.75, 3.05) is 13.7 Å². The number of methoxy groups -OCH3 is 1. The van der Waals surface area contributed by atoms with Crippen molar-refractivity contribution in [2.45, 2.75) is 32.3 Å². The topological polar surface area (TPSA) is 47.3 Å². The van der Waals surface area contributed by atoms with E-state index in [1.54, 1.807) is 7.11 Å². The summed E-state index contributed by atoms with van der Waals surface area (Å²) in [6.45, 7) is 4.92. The summed E-state index contributed by atoms with van der Waals surface area (Å²) in [4.78, 5) is 0. The van der Waals surface area contributed by atoms with Crippen molar-refractivity contribution >= 4 is 0 Å². The third-order valence-electron chi connectivity index (χ3n) is 2.15. The van der Waals surface area contributed by atoms with E-state index >= 15 is 0 Å². The second kappa shape index (κ2) is 4.66. The predicted octanol–water partition coefficient (Wildman–Crippen LogP) is 0.655. The molecule has 0 aliphatic rings. The van der Waals surface area contributed by atoms with Crippen molar-refractivity contribution in [3.05, 3.63) is 0 Å². The van der Waals surface area contributed by atoms with E-state index < -0.39 is 0 Å². The average molecular weight is 146 g/mol. The van der Waals surface area contributed by atoms with Gasteiger partial charge in [-0.3, -0.25) is 11.3 Å². The number of hydrogen-bond acceptors (Lipinski definition) is 3. The molecule has 0 aliphatic heterocycles. The predicted molar refractivity (Wildman–Crippen MR) is 42.5 cm³/mol. The van der Waals surface area contributed by atoms with Gasteiger partial charge in [0.25, 0.3) is 0 Å². The monoisotopic (exact) mass is 146 g/mol. The van der Waals surface area contributed by atoms with Crippen molar-refractivity contribution in [2.24, 2.45) is 5.84 Å². The lowest BCUT2D eigenvalue weighted by Gasteiger charge is -2.29. The van der Waals surface area contributed by atoms with Crippen molar-refractivity contribution in [3.63, 3.8) is 0 Å². The number of rotatable bonds is 5. The molecule has 0 aromatic heterocycles. The zero-order valence-corrected chi connectivity index (χ0v) is 7.11. The fraction of sp³-hybridized carbons (Fsp3) is 1.00. The molecule has 0 aromatic carbocycles. The molecule has 0 fully saturated rings. The SMILES string of the molecule is CCC(CC)(CNN)OC. The average Bonchev–Trinajstić information content (AvgIpc) is 2.01. The van der Waals surface area contributed by atoms with Gasteiger partial charge in [0.15, 0.2) is 0 Å². The molecular weight excluding hydrogens is 128 g/mol. The molecule has 0 atom stereocenters. The Labute approximate surface area is 62.9 Å². The Bertz CT molecular complexity index is 73.4. The summed E-state index contributed by atoms with van der Waals surface area (Å²) in [5.74, 6) is 5.21. The second-order valence-corrected chi connectivity index (χ2v) is 2.48. The minimum atomic E-state index is -0.0608. The van der Waals surface area contributed by atoms with Crippen molar-refractivity contribution in [3.8, 4) is 0 Å². The highest BCUT2D eigenvalue weighted by atomic mass is 16.5. The molecule has 0 aromatic rings. The summed E-state index contributed by atoms with van der Waals surface area (Å²) in [6.07, 6.45) is 1.98. The minimum Gasteiger partial charge on any atom is -0.377 e. The molecule has 0 heterocycles. The summed E-state index contributed by atoms with van der Waals surface area (Å²) in [5, 5.41) is 0. The lowest BCUT2D eigenvalue weighted by Crippen LogP contribution is -2.43. The lowest BCUT2D eigenvalue weighted by molar-refractivity contribution is -0.0155. The van der Waals surface area contributed by atoms with Crippen LogP contribution in [0.25, 0.3) is 0 Å². The van der Waals surface area contributed by atoms with Gasteiger partial charge in [-0.1, -0.05) is 13.8 Å². The number of nitrogens with two attached hydrogens (primary N) is 1. The molecule has 3 heteroatoms. The quantitative estimate of drug-likeness (QED) is 0.442. The fourth-order valence-corrected chi connectivity index (χ4v) is 1.05. The summed E-state index contributed by atoms with van der Waals surface area (Å²) in [5.41, 5.74) is 2.58. The van der Waals surface area contributed by atoms with Gasteiger partial charge >= 0.3 is 0 Å². The number of hydrazine groups is 1. The van der Waals surface area contributed by atoms with Gasteiger partial charge in [-0.15, -0.1) is 0 Å². The van der Waals surface area contributed by atoms with E-state index in [1.165, 1.54) is 0 Å². The van der Waals surface area contributed by atoms with Crippen LogP contribution >= 0.6 is 0 Å². The minimum absolute atomic E-state index is 0.0608. The van der Waals surface area contributed by atoms with Crippen molar-refractivity contribution in [1.82, 2.24) is 5.43 Å². The first-order valence-electron chi connectivity index (χ1n) is 3.73. The summed E-state index contributed by atoms with van der Waals surface area (Å²) < 4.78 is 5.33. The van der Waals surface area contributed by atoms with E-state index in [1.807, 2.05) is 0 Å². The van der Waals surface area contributed by atoms with E-state index in [0.717, 1.165) is 19.4 Å². The van der Waals surface area contributed by atoms with E-state index in [2.05, 4.69) is 19.3 Å². The first kappa shape index (κ1) is 9.88. The Morgan fingerprint density at radius 1 is 1.40 bits per heavy atom. The molecule has 0 rings (SSSR count). The highest BCUT2D eigenvalue weighted by Gasteiger charge is 2.23. The van der Waals surface area contributed by atoms with Crippen LogP contribution in [0.3, 0.4) is 0 Å². The van der Waals surface area contributed by atoms with E-state index in [0.29, 0.717) is 0 Å². The van der Waals surface area contributed by atoms with Crippen LogP contribution in [0, 0.1) is 0 Å². The van der Waals surface area contributed by atoms with E-state index in [9.17, 15) is 0 Å². The van der Waals surface area contributed by atoms with Gasteiger partial charge in [-0.25, -0.2) is 0 Å². The number of ether oxygens (including phenoxy) is 1.